The molecule has 2 aromatic rings. The third-order valence-corrected chi connectivity index (χ3v) is 2.89. The molecule has 0 aliphatic carbocycles. The molecule has 0 bridgehead atoms. The van der Waals surface area contributed by atoms with Crippen molar-refractivity contribution in [2.75, 3.05) is 19.0 Å². The monoisotopic (exact) mass is 200 g/mol. The number of aromatic nitrogens is 1. The van der Waals surface area contributed by atoms with E-state index >= 15 is 0 Å². The first kappa shape index (κ1) is 9.97. The lowest BCUT2D eigenvalue weighted by molar-refractivity contribution is 1.13. The number of nitrogens with zero attached hydrogens (tertiary/aromatic N) is 2. The van der Waals surface area contributed by atoms with E-state index in [0.717, 1.165) is 5.52 Å². The number of hydrogen-bond acceptors (Lipinski definition) is 2. The molecule has 1 aromatic carbocycles. The predicted octanol–water partition coefficient (Wildman–Crippen LogP) is 2.92. The molecule has 78 valence electrons. The topological polar surface area (TPSA) is 16.1 Å². The molecule has 2 heteroatoms. The molecular weight excluding hydrogens is 184 g/mol. The van der Waals surface area contributed by atoms with Gasteiger partial charge in [0.25, 0.3) is 0 Å². The van der Waals surface area contributed by atoms with Crippen molar-refractivity contribution < 1.29 is 0 Å². The fourth-order valence-corrected chi connectivity index (χ4v) is 1.70. The molecule has 2 nitrogen and oxygen atoms in total. The summed E-state index contributed by atoms with van der Waals surface area (Å²) in [6.45, 7) is 4.25. The minimum Gasteiger partial charge on any atom is -0.378 e. The summed E-state index contributed by atoms with van der Waals surface area (Å²) in [7, 11) is 4.09. The normalized spacial score (nSPS) is 10.7. The van der Waals surface area contributed by atoms with Crippen molar-refractivity contribution in [3.05, 3.63) is 35.5 Å². The predicted molar refractivity (Wildman–Crippen MR) is 65.5 cm³/mol. The smallest absolute Gasteiger partial charge is 0.0725 e. The van der Waals surface area contributed by atoms with Gasteiger partial charge in [-0.15, -0.1) is 0 Å². The fourth-order valence-electron chi connectivity index (χ4n) is 1.70. The highest BCUT2D eigenvalue weighted by Gasteiger charge is 2.03. The number of anilines is 1. The number of pyridine rings is 1. The van der Waals surface area contributed by atoms with Gasteiger partial charge in [0.15, 0.2) is 0 Å². The van der Waals surface area contributed by atoms with Crippen molar-refractivity contribution in [3.8, 4) is 0 Å². The van der Waals surface area contributed by atoms with Gasteiger partial charge in [0.2, 0.25) is 0 Å². The second kappa shape index (κ2) is 3.54. The van der Waals surface area contributed by atoms with Gasteiger partial charge in [0.1, 0.15) is 0 Å². The molecule has 0 spiro atoms. The number of fused-ring (bicyclic) bond motifs is 1. The SMILES string of the molecule is Cc1cnc2cc(N(C)C)ccc2c1C. The summed E-state index contributed by atoms with van der Waals surface area (Å²) in [5.74, 6) is 0. The standard InChI is InChI=1S/C13H16N2/c1-9-8-14-13-7-11(15(3)4)5-6-12(13)10(9)2/h5-8H,1-4H3. The highest BCUT2D eigenvalue weighted by Crippen LogP contribution is 2.23. The number of benzene rings is 1. The molecule has 0 aliphatic heterocycles. The molecule has 0 saturated carbocycles. The van der Waals surface area contributed by atoms with E-state index in [9.17, 15) is 0 Å². The van der Waals surface area contributed by atoms with Gasteiger partial charge in [-0.05, 0) is 37.1 Å². The minimum absolute atomic E-state index is 1.07. The summed E-state index contributed by atoms with van der Waals surface area (Å²) in [6, 6.07) is 6.41. The van der Waals surface area contributed by atoms with Crippen molar-refractivity contribution in [3.63, 3.8) is 0 Å². The van der Waals surface area contributed by atoms with Crippen LogP contribution in [0.15, 0.2) is 24.4 Å². The van der Waals surface area contributed by atoms with Crippen LogP contribution in [0.25, 0.3) is 10.9 Å². The van der Waals surface area contributed by atoms with Gasteiger partial charge in [0.05, 0.1) is 5.52 Å². The van der Waals surface area contributed by atoms with Gasteiger partial charge in [-0.25, -0.2) is 0 Å². The van der Waals surface area contributed by atoms with Crippen LogP contribution in [0.2, 0.25) is 0 Å². The molecule has 0 radical (unpaired) electrons. The second-order valence-electron chi connectivity index (χ2n) is 4.16. The zero-order chi connectivity index (χ0) is 11.0. The fraction of sp³-hybridized carbons (Fsp3) is 0.308. The first-order valence-corrected chi connectivity index (χ1v) is 5.13. The Morgan fingerprint density at radius 1 is 1.13 bits per heavy atom. The summed E-state index contributed by atoms with van der Waals surface area (Å²) in [4.78, 5) is 6.55. The lowest BCUT2D eigenvalue weighted by atomic mass is 10.1. The van der Waals surface area contributed by atoms with Crippen LogP contribution >= 0.6 is 0 Å². The number of aryl methyl sites for hydroxylation is 2. The van der Waals surface area contributed by atoms with E-state index in [-0.39, 0.29) is 0 Å². The van der Waals surface area contributed by atoms with Crippen LogP contribution in [0.4, 0.5) is 5.69 Å². The zero-order valence-electron chi connectivity index (χ0n) is 9.70. The Hall–Kier alpha value is -1.57. The molecule has 0 unspecified atom stereocenters. The maximum absolute atomic E-state index is 4.46. The van der Waals surface area contributed by atoms with E-state index < -0.39 is 0 Å². The van der Waals surface area contributed by atoms with Gasteiger partial charge < -0.3 is 4.90 Å². The zero-order valence-corrected chi connectivity index (χ0v) is 9.70. The quantitative estimate of drug-likeness (QED) is 0.703. The van der Waals surface area contributed by atoms with E-state index in [0.29, 0.717) is 0 Å². The van der Waals surface area contributed by atoms with Crippen LogP contribution < -0.4 is 4.90 Å². The highest BCUT2D eigenvalue weighted by atomic mass is 15.1. The minimum atomic E-state index is 1.07. The molecule has 0 atom stereocenters. The molecule has 15 heavy (non-hydrogen) atoms. The third kappa shape index (κ3) is 1.67. The summed E-state index contributed by atoms with van der Waals surface area (Å²) >= 11 is 0. The maximum atomic E-state index is 4.46. The lowest BCUT2D eigenvalue weighted by Crippen LogP contribution is -2.08. The van der Waals surface area contributed by atoms with E-state index in [1.807, 2.05) is 20.3 Å². The summed E-state index contributed by atoms with van der Waals surface area (Å²) in [5.41, 5.74) is 4.84. The van der Waals surface area contributed by atoms with Crippen molar-refractivity contribution >= 4 is 16.6 Å². The van der Waals surface area contributed by atoms with Crippen molar-refractivity contribution in [1.82, 2.24) is 4.98 Å². The Morgan fingerprint density at radius 3 is 2.53 bits per heavy atom. The molecule has 1 heterocycles. The van der Waals surface area contributed by atoms with Crippen LogP contribution in [-0.2, 0) is 0 Å². The molecular formula is C13H16N2. The van der Waals surface area contributed by atoms with Gasteiger partial charge >= 0.3 is 0 Å². The van der Waals surface area contributed by atoms with Crippen LogP contribution in [0.1, 0.15) is 11.1 Å². The highest BCUT2D eigenvalue weighted by molar-refractivity contribution is 5.85. The van der Waals surface area contributed by atoms with Gasteiger partial charge in [-0.1, -0.05) is 6.07 Å². The van der Waals surface area contributed by atoms with Crippen LogP contribution in [-0.4, -0.2) is 19.1 Å². The first-order valence-electron chi connectivity index (χ1n) is 5.13. The van der Waals surface area contributed by atoms with Crippen LogP contribution in [0.3, 0.4) is 0 Å². The average molecular weight is 200 g/mol. The molecule has 2 rings (SSSR count). The summed E-state index contributed by atoms with van der Waals surface area (Å²) in [6.07, 6.45) is 1.94. The van der Waals surface area contributed by atoms with Gasteiger partial charge in [0, 0.05) is 31.4 Å². The molecule has 0 aliphatic rings. The Morgan fingerprint density at radius 2 is 1.87 bits per heavy atom. The molecule has 0 saturated heterocycles. The Balaban J connectivity index is 2.70. The van der Waals surface area contributed by atoms with E-state index in [1.165, 1.54) is 22.2 Å². The van der Waals surface area contributed by atoms with Crippen molar-refractivity contribution in [1.29, 1.82) is 0 Å². The molecule has 0 fully saturated rings. The lowest BCUT2D eigenvalue weighted by Gasteiger charge is -2.13. The molecule has 1 aromatic heterocycles. The Bertz CT molecular complexity index is 501. The third-order valence-electron chi connectivity index (χ3n) is 2.89. The largest absolute Gasteiger partial charge is 0.378 e. The van der Waals surface area contributed by atoms with Crippen molar-refractivity contribution in [2.45, 2.75) is 13.8 Å². The second-order valence-corrected chi connectivity index (χ2v) is 4.16. The van der Waals surface area contributed by atoms with E-state index in [2.05, 4.69) is 41.9 Å². The van der Waals surface area contributed by atoms with Crippen molar-refractivity contribution in [2.24, 2.45) is 0 Å². The molecule has 0 N–H and O–H groups in total. The Kier molecular flexibility index (Phi) is 2.35. The maximum Gasteiger partial charge on any atom is 0.0725 e. The van der Waals surface area contributed by atoms with E-state index in [4.69, 9.17) is 0 Å². The summed E-state index contributed by atoms with van der Waals surface area (Å²) < 4.78 is 0. The molecule has 0 amide bonds. The summed E-state index contributed by atoms with van der Waals surface area (Å²) in [5, 5.41) is 1.25. The van der Waals surface area contributed by atoms with Crippen LogP contribution in [0.5, 0.6) is 0 Å². The number of rotatable bonds is 1. The van der Waals surface area contributed by atoms with Crippen LogP contribution in [0, 0.1) is 13.8 Å². The van der Waals surface area contributed by atoms with E-state index in [1.54, 1.807) is 0 Å². The number of hydrogen-bond donors (Lipinski definition) is 0. The Labute approximate surface area is 90.6 Å². The first-order chi connectivity index (χ1) is 7.09. The average Bonchev–Trinajstić information content (AvgIpc) is 2.23. The van der Waals surface area contributed by atoms with Gasteiger partial charge in [-0.2, -0.15) is 0 Å². The van der Waals surface area contributed by atoms with Gasteiger partial charge in [-0.3, -0.25) is 4.98 Å².